The van der Waals surface area contributed by atoms with Crippen molar-refractivity contribution in [3.63, 3.8) is 0 Å². The van der Waals surface area contributed by atoms with Crippen molar-refractivity contribution in [2.75, 3.05) is 80.7 Å². The number of thioether (sulfide) groups is 1. The van der Waals surface area contributed by atoms with Gasteiger partial charge < -0.3 is 20.0 Å². The summed E-state index contributed by atoms with van der Waals surface area (Å²) in [4.78, 5) is 17.3. The van der Waals surface area contributed by atoms with Gasteiger partial charge in [0.25, 0.3) is 0 Å². The molecule has 0 atom stereocenters. The van der Waals surface area contributed by atoms with Gasteiger partial charge in [-0.3, -0.25) is 0 Å². The number of rotatable bonds is 2. The van der Waals surface area contributed by atoms with Crippen LogP contribution < -0.4 is 15.1 Å². The number of fused-ring (bicyclic) bond motifs is 1. The third kappa shape index (κ3) is 3.48. The molecule has 0 unspecified atom stereocenters. The highest BCUT2D eigenvalue weighted by molar-refractivity contribution is 7.99. The van der Waals surface area contributed by atoms with Crippen LogP contribution >= 0.6 is 11.8 Å². The minimum absolute atomic E-state index is 0.956. The molecule has 6 nitrogen and oxygen atoms in total. The highest BCUT2D eigenvalue weighted by Gasteiger charge is 2.25. The Bertz CT molecular complexity index is 566. The van der Waals surface area contributed by atoms with Gasteiger partial charge in [0.05, 0.1) is 5.69 Å². The van der Waals surface area contributed by atoms with E-state index in [9.17, 15) is 0 Å². The van der Waals surface area contributed by atoms with Crippen molar-refractivity contribution in [1.82, 2.24) is 20.2 Å². The zero-order valence-electron chi connectivity index (χ0n) is 14.6. The first kappa shape index (κ1) is 16.4. The molecule has 0 radical (unpaired) electrons. The number of nitrogens with zero attached hydrogens (tertiary/aromatic N) is 5. The van der Waals surface area contributed by atoms with E-state index in [-0.39, 0.29) is 0 Å². The molecule has 2 saturated heterocycles. The molecule has 4 heterocycles. The Balaban J connectivity index is 1.68. The molecule has 0 amide bonds. The highest BCUT2D eigenvalue weighted by Crippen LogP contribution is 2.28. The van der Waals surface area contributed by atoms with E-state index in [1.54, 1.807) is 0 Å². The van der Waals surface area contributed by atoms with Crippen molar-refractivity contribution in [3.05, 3.63) is 11.3 Å². The van der Waals surface area contributed by atoms with Gasteiger partial charge in [-0.2, -0.15) is 16.7 Å². The van der Waals surface area contributed by atoms with Crippen molar-refractivity contribution < 1.29 is 0 Å². The smallest absolute Gasteiger partial charge is 0.227 e. The van der Waals surface area contributed by atoms with Crippen molar-refractivity contribution in [1.29, 1.82) is 0 Å². The summed E-state index contributed by atoms with van der Waals surface area (Å²) < 4.78 is 0. The molecule has 3 aliphatic heterocycles. The zero-order valence-corrected chi connectivity index (χ0v) is 15.4. The molecule has 7 heteroatoms. The van der Waals surface area contributed by atoms with E-state index < -0.39 is 0 Å². The quantitative estimate of drug-likeness (QED) is 0.834. The molecular weight excluding hydrogens is 320 g/mol. The Labute approximate surface area is 149 Å². The Morgan fingerprint density at radius 2 is 1.62 bits per heavy atom. The Hall–Kier alpha value is -1.05. The van der Waals surface area contributed by atoms with E-state index in [0.29, 0.717) is 0 Å². The van der Waals surface area contributed by atoms with Crippen molar-refractivity contribution >= 4 is 23.5 Å². The van der Waals surface area contributed by atoms with Crippen LogP contribution in [0.4, 0.5) is 11.8 Å². The van der Waals surface area contributed by atoms with Gasteiger partial charge in [0.1, 0.15) is 5.82 Å². The number of nitrogens with one attached hydrogen (secondary N) is 1. The molecule has 0 spiro atoms. The van der Waals surface area contributed by atoms with Crippen LogP contribution in [0.2, 0.25) is 0 Å². The molecule has 2 fully saturated rings. The van der Waals surface area contributed by atoms with Gasteiger partial charge in [-0.15, -0.1) is 0 Å². The number of aromatic nitrogens is 2. The summed E-state index contributed by atoms with van der Waals surface area (Å²) in [6, 6.07) is 0. The van der Waals surface area contributed by atoms with Crippen LogP contribution in [0.3, 0.4) is 0 Å². The molecular formula is C17H28N6S. The summed E-state index contributed by atoms with van der Waals surface area (Å²) in [6.07, 6.45) is 2.07. The van der Waals surface area contributed by atoms with Gasteiger partial charge in [0.2, 0.25) is 5.95 Å². The summed E-state index contributed by atoms with van der Waals surface area (Å²) in [5.41, 5.74) is 2.67. The fourth-order valence-electron chi connectivity index (χ4n) is 3.70. The standard InChI is InChI=1S/C17H28N6S/c1-21-6-8-23(9-7-21)17-19-15-3-5-18-4-2-14(15)16(20-17)22-10-12-24-13-11-22/h18H,2-13H2,1H3. The van der Waals surface area contributed by atoms with Crippen LogP contribution in [0.25, 0.3) is 0 Å². The third-order valence-electron chi connectivity index (χ3n) is 5.25. The Kier molecular flexibility index (Phi) is 5.10. The number of likely N-dealkylation sites (N-methyl/N-ethyl adjacent to an activating group) is 1. The minimum atomic E-state index is 0.956. The number of hydrogen-bond acceptors (Lipinski definition) is 7. The fourth-order valence-corrected chi connectivity index (χ4v) is 4.60. The zero-order chi connectivity index (χ0) is 16.4. The van der Waals surface area contributed by atoms with E-state index in [4.69, 9.17) is 9.97 Å². The van der Waals surface area contributed by atoms with E-state index in [1.807, 2.05) is 0 Å². The van der Waals surface area contributed by atoms with Gasteiger partial charge in [-0.1, -0.05) is 0 Å². The second-order valence-corrected chi connectivity index (χ2v) is 8.14. The second kappa shape index (κ2) is 7.45. The molecule has 1 aromatic rings. The van der Waals surface area contributed by atoms with E-state index in [1.165, 1.54) is 28.6 Å². The van der Waals surface area contributed by atoms with E-state index in [2.05, 4.69) is 38.8 Å². The van der Waals surface area contributed by atoms with Crippen LogP contribution in [0.5, 0.6) is 0 Å². The maximum atomic E-state index is 5.09. The molecule has 1 aromatic heterocycles. The molecule has 0 aromatic carbocycles. The Morgan fingerprint density at radius 3 is 2.42 bits per heavy atom. The topological polar surface area (TPSA) is 47.5 Å². The molecule has 3 aliphatic rings. The number of hydrogen-bond donors (Lipinski definition) is 1. The molecule has 1 N–H and O–H groups in total. The maximum absolute atomic E-state index is 5.09. The largest absolute Gasteiger partial charge is 0.355 e. The van der Waals surface area contributed by atoms with Crippen LogP contribution in [0, 0.1) is 0 Å². The van der Waals surface area contributed by atoms with Crippen molar-refractivity contribution in [2.45, 2.75) is 12.8 Å². The Morgan fingerprint density at radius 1 is 0.875 bits per heavy atom. The van der Waals surface area contributed by atoms with E-state index >= 15 is 0 Å². The van der Waals surface area contributed by atoms with Crippen LogP contribution in [-0.4, -0.2) is 85.8 Å². The maximum Gasteiger partial charge on any atom is 0.227 e. The molecule has 0 aliphatic carbocycles. The fraction of sp³-hybridized carbons (Fsp3) is 0.765. The van der Waals surface area contributed by atoms with Gasteiger partial charge >= 0.3 is 0 Å². The van der Waals surface area contributed by atoms with Crippen molar-refractivity contribution in [2.24, 2.45) is 0 Å². The van der Waals surface area contributed by atoms with Gasteiger partial charge in [-0.05, 0) is 20.0 Å². The lowest BCUT2D eigenvalue weighted by Gasteiger charge is -2.34. The lowest BCUT2D eigenvalue weighted by Crippen LogP contribution is -2.45. The first-order valence-corrected chi connectivity index (χ1v) is 10.3. The molecule has 132 valence electrons. The second-order valence-electron chi connectivity index (χ2n) is 6.91. The first-order valence-electron chi connectivity index (χ1n) is 9.18. The average molecular weight is 349 g/mol. The predicted octanol–water partition coefficient (Wildman–Crippen LogP) is 0.470. The number of anilines is 2. The normalized spacial score (nSPS) is 23.0. The lowest BCUT2D eigenvalue weighted by molar-refractivity contribution is 0.311. The van der Waals surface area contributed by atoms with Crippen LogP contribution in [0.15, 0.2) is 0 Å². The van der Waals surface area contributed by atoms with E-state index in [0.717, 1.165) is 71.1 Å². The third-order valence-corrected chi connectivity index (χ3v) is 6.19. The van der Waals surface area contributed by atoms with Gasteiger partial charge in [0, 0.05) is 69.3 Å². The molecule has 24 heavy (non-hydrogen) atoms. The summed E-state index contributed by atoms with van der Waals surface area (Å²) in [6.45, 7) is 8.55. The summed E-state index contributed by atoms with van der Waals surface area (Å²) in [7, 11) is 2.19. The lowest BCUT2D eigenvalue weighted by atomic mass is 10.1. The monoisotopic (exact) mass is 348 g/mol. The SMILES string of the molecule is CN1CCN(c2nc3c(c(N4CCSCC4)n2)CCNCC3)CC1. The average Bonchev–Trinajstić information content (AvgIpc) is 2.87. The van der Waals surface area contributed by atoms with Gasteiger partial charge in [0.15, 0.2) is 0 Å². The number of piperazine rings is 1. The minimum Gasteiger partial charge on any atom is -0.355 e. The molecule has 4 rings (SSSR count). The summed E-state index contributed by atoms with van der Waals surface area (Å²) >= 11 is 2.05. The predicted molar refractivity (Wildman–Crippen MR) is 102 cm³/mol. The molecule has 0 saturated carbocycles. The van der Waals surface area contributed by atoms with Gasteiger partial charge in [-0.25, -0.2) is 4.98 Å². The summed E-state index contributed by atoms with van der Waals surface area (Å²) in [5, 5.41) is 3.52. The van der Waals surface area contributed by atoms with Crippen LogP contribution in [0.1, 0.15) is 11.3 Å². The first-order chi connectivity index (χ1) is 11.8. The van der Waals surface area contributed by atoms with Crippen LogP contribution in [-0.2, 0) is 12.8 Å². The van der Waals surface area contributed by atoms with Crippen molar-refractivity contribution in [3.8, 4) is 0 Å². The highest BCUT2D eigenvalue weighted by atomic mass is 32.2. The summed E-state index contributed by atoms with van der Waals surface area (Å²) in [5.74, 6) is 4.59. The molecule has 0 bridgehead atoms.